The van der Waals surface area contributed by atoms with Crippen LogP contribution >= 0.6 is 0 Å². The zero-order valence-electron chi connectivity index (χ0n) is 19.4. The summed E-state index contributed by atoms with van der Waals surface area (Å²) in [6, 6.07) is 23.3. The second kappa shape index (κ2) is 7.92. The molecule has 4 aliphatic carbocycles. The van der Waals surface area contributed by atoms with Crippen molar-refractivity contribution in [2.75, 3.05) is 10.2 Å². The van der Waals surface area contributed by atoms with Crippen molar-refractivity contribution in [3.8, 4) is 11.5 Å². The van der Waals surface area contributed by atoms with Gasteiger partial charge in [-0.3, -0.25) is 19.3 Å². The summed E-state index contributed by atoms with van der Waals surface area (Å²) < 4.78 is 5.79. The summed E-state index contributed by atoms with van der Waals surface area (Å²) in [5.74, 6) is 2.03. The van der Waals surface area contributed by atoms with Gasteiger partial charge in [-0.25, -0.2) is 0 Å². The molecule has 3 fully saturated rings. The highest BCUT2D eigenvalue weighted by atomic mass is 16.5. The molecule has 1 aliphatic heterocycles. The van der Waals surface area contributed by atoms with E-state index < -0.39 is 0 Å². The highest BCUT2D eigenvalue weighted by Gasteiger charge is 2.67. The molecule has 1 N–H and O–H groups in total. The van der Waals surface area contributed by atoms with Crippen LogP contribution in [0.3, 0.4) is 0 Å². The molecule has 1 heterocycles. The molecule has 2 saturated carbocycles. The fraction of sp³-hybridized carbons (Fsp3) is 0.233. The molecule has 2 bridgehead atoms. The van der Waals surface area contributed by atoms with Gasteiger partial charge in [0.25, 0.3) is 5.91 Å². The van der Waals surface area contributed by atoms with Crippen molar-refractivity contribution in [3.63, 3.8) is 0 Å². The predicted octanol–water partition coefficient (Wildman–Crippen LogP) is 5.29. The number of carbonyl (C=O) groups is 3. The third-order valence-corrected chi connectivity index (χ3v) is 8.14. The van der Waals surface area contributed by atoms with Gasteiger partial charge in [-0.2, -0.15) is 0 Å². The van der Waals surface area contributed by atoms with E-state index in [4.69, 9.17) is 4.74 Å². The van der Waals surface area contributed by atoms with Gasteiger partial charge in [0.1, 0.15) is 11.5 Å². The second-order valence-electron chi connectivity index (χ2n) is 10.1. The fourth-order valence-corrected chi connectivity index (χ4v) is 6.41. The van der Waals surface area contributed by atoms with E-state index in [0.717, 1.165) is 12.2 Å². The van der Waals surface area contributed by atoms with Crippen molar-refractivity contribution in [1.82, 2.24) is 0 Å². The molecule has 0 unspecified atom stereocenters. The number of anilines is 2. The van der Waals surface area contributed by atoms with Crippen molar-refractivity contribution < 1.29 is 19.1 Å². The second-order valence-corrected chi connectivity index (χ2v) is 10.1. The zero-order valence-corrected chi connectivity index (χ0v) is 19.4. The normalized spacial score (nSPS) is 29.1. The van der Waals surface area contributed by atoms with Crippen LogP contribution in [-0.2, 0) is 9.59 Å². The summed E-state index contributed by atoms with van der Waals surface area (Å²) in [6.45, 7) is 0. The highest BCUT2D eigenvalue weighted by molar-refractivity contribution is 6.22. The van der Waals surface area contributed by atoms with Crippen molar-refractivity contribution in [3.05, 3.63) is 96.6 Å². The molecule has 6 atom stereocenters. The van der Waals surface area contributed by atoms with E-state index in [-0.39, 0.29) is 41.4 Å². The quantitative estimate of drug-likeness (QED) is 0.401. The molecule has 5 aliphatic rings. The van der Waals surface area contributed by atoms with Gasteiger partial charge in [0.15, 0.2) is 0 Å². The topological polar surface area (TPSA) is 75.7 Å². The Hall–Kier alpha value is -4.19. The number of benzene rings is 3. The van der Waals surface area contributed by atoms with Crippen LogP contribution in [-0.4, -0.2) is 17.7 Å². The smallest absolute Gasteiger partial charge is 0.255 e. The fourth-order valence-electron chi connectivity index (χ4n) is 6.41. The maximum Gasteiger partial charge on any atom is 0.255 e. The van der Waals surface area contributed by atoms with Gasteiger partial charge in [-0.05, 0) is 90.8 Å². The molecule has 8 rings (SSSR count). The predicted molar refractivity (Wildman–Crippen MR) is 135 cm³/mol. The summed E-state index contributed by atoms with van der Waals surface area (Å²) in [7, 11) is 0. The molecular formula is C30H24N2O4. The Bertz CT molecular complexity index is 1360. The van der Waals surface area contributed by atoms with Crippen molar-refractivity contribution in [2.24, 2.45) is 35.5 Å². The van der Waals surface area contributed by atoms with Crippen LogP contribution in [0.15, 0.2) is 91.0 Å². The van der Waals surface area contributed by atoms with Crippen LogP contribution in [0.5, 0.6) is 11.5 Å². The van der Waals surface area contributed by atoms with E-state index in [2.05, 4.69) is 17.5 Å². The number of amides is 3. The first-order valence-electron chi connectivity index (χ1n) is 12.4. The largest absolute Gasteiger partial charge is 0.457 e. The Morgan fingerprint density at radius 1 is 0.750 bits per heavy atom. The summed E-state index contributed by atoms with van der Waals surface area (Å²) in [6.07, 6.45) is 5.48. The number of rotatable bonds is 5. The molecule has 3 aromatic rings. The Kier molecular flexibility index (Phi) is 4.64. The third kappa shape index (κ3) is 3.28. The maximum atomic E-state index is 13.3. The highest BCUT2D eigenvalue weighted by Crippen LogP contribution is 2.65. The average molecular weight is 477 g/mol. The summed E-state index contributed by atoms with van der Waals surface area (Å²) >= 11 is 0. The van der Waals surface area contributed by atoms with E-state index in [1.807, 2.05) is 30.3 Å². The van der Waals surface area contributed by atoms with Gasteiger partial charge in [0.05, 0.1) is 17.5 Å². The van der Waals surface area contributed by atoms with E-state index in [1.165, 1.54) is 4.90 Å². The lowest BCUT2D eigenvalue weighted by Crippen LogP contribution is -2.40. The van der Waals surface area contributed by atoms with Gasteiger partial charge in [-0.15, -0.1) is 0 Å². The molecule has 1 saturated heterocycles. The van der Waals surface area contributed by atoms with Crippen LogP contribution in [0.2, 0.25) is 0 Å². The number of nitrogens with zero attached hydrogens (tertiary/aromatic N) is 1. The zero-order chi connectivity index (χ0) is 24.4. The minimum atomic E-state index is -0.270. The number of ether oxygens (including phenoxy) is 1. The average Bonchev–Trinajstić information content (AvgIpc) is 3.69. The lowest BCUT2D eigenvalue weighted by Gasteiger charge is -2.37. The molecule has 0 radical (unpaired) electrons. The molecule has 3 amide bonds. The van der Waals surface area contributed by atoms with E-state index in [1.54, 1.807) is 48.5 Å². The Morgan fingerprint density at radius 3 is 1.94 bits per heavy atom. The monoisotopic (exact) mass is 476 g/mol. The molecule has 3 aromatic carbocycles. The van der Waals surface area contributed by atoms with E-state index in [9.17, 15) is 14.4 Å². The maximum absolute atomic E-state index is 13.3. The molecular weight excluding hydrogens is 452 g/mol. The lowest BCUT2D eigenvalue weighted by atomic mass is 9.63. The minimum Gasteiger partial charge on any atom is -0.457 e. The molecule has 6 nitrogen and oxygen atoms in total. The molecule has 178 valence electrons. The summed E-state index contributed by atoms with van der Waals surface area (Å²) in [4.78, 5) is 40.7. The van der Waals surface area contributed by atoms with Crippen LogP contribution < -0.4 is 15.0 Å². The minimum absolute atomic E-state index is 0.0929. The molecule has 36 heavy (non-hydrogen) atoms. The Labute approximate surface area is 208 Å². The van der Waals surface area contributed by atoms with Crippen LogP contribution in [0, 0.1) is 35.5 Å². The van der Waals surface area contributed by atoms with Gasteiger partial charge in [-0.1, -0.05) is 30.4 Å². The van der Waals surface area contributed by atoms with Gasteiger partial charge < -0.3 is 10.1 Å². The number of hydrogen-bond donors (Lipinski definition) is 1. The Morgan fingerprint density at radius 2 is 1.33 bits per heavy atom. The Balaban J connectivity index is 1.03. The number of carbonyl (C=O) groups excluding carboxylic acids is 3. The third-order valence-electron chi connectivity index (χ3n) is 8.14. The number of para-hydroxylation sites is 1. The number of allylic oxidation sites excluding steroid dienone is 2. The van der Waals surface area contributed by atoms with Crippen LogP contribution in [0.4, 0.5) is 11.4 Å². The van der Waals surface area contributed by atoms with Gasteiger partial charge in [0.2, 0.25) is 11.8 Å². The molecule has 0 spiro atoms. The first-order chi connectivity index (χ1) is 17.6. The standard InChI is InChI=1S/C30H24N2O4/c33-28(31-18-8-12-21(13-9-18)36-20-4-2-1-3-5-20)17-6-10-19(11-7-17)32-29(34)26-22-14-15-23(25-16-24(22)25)27(26)30(32)35/h1-15,22-27H,16H2,(H,31,33)/t22-,23-,24-,25-,26-,27+/m0/s1. The van der Waals surface area contributed by atoms with E-state index >= 15 is 0 Å². The van der Waals surface area contributed by atoms with Crippen molar-refractivity contribution in [2.45, 2.75) is 6.42 Å². The summed E-state index contributed by atoms with van der Waals surface area (Å²) in [5, 5.41) is 2.88. The van der Waals surface area contributed by atoms with Crippen LogP contribution in [0.25, 0.3) is 0 Å². The SMILES string of the molecule is O=C(Nc1ccc(Oc2ccccc2)cc1)c1ccc(N2C(=O)[C@@H]3[C@H]4C=C[C@@H]([C@@H]5C[C@@H]45)[C@@H]3C2=O)cc1. The van der Waals surface area contributed by atoms with Gasteiger partial charge >= 0.3 is 0 Å². The molecule has 6 heteroatoms. The van der Waals surface area contributed by atoms with Gasteiger partial charge in [0, 0.05) is 11.3 Å². The molecule has 0 aromatic heterocycles. The lowest BCUT2D eigenvalue weighted by molar-refractivity contribution is -0.124. The van der Waals surface area contributed by atoms with E-state index in [0.29, 0.717) is 34.5 Å². The number of imide groups is 1. The first kappa shape index (κ1) is 21.1. The van der Waals surface area contributed by atoms with Crippen molar-refractivity contribution >= 4 is 29.1 Å². The van der Waals surface area contributed by atoms with Crippen LogP contribution in [0.1, 0.15) is 16.8 Å². The van der Waals surface area contributed by atoms with Crippen molar-refractivity contribution in [1.29, 1.82) is 0 Å². The number of hydrogen-bond acceptors (Lipinski definition) is 4. The first-order valence-corrected chi connectivity index (χ1v) is 12.4. The number of nitrogens with one attached hydrogen (secondary N) is 1. The summed E-state index contributed by atoms with van der Waals surface area (Å²) in [5.41, 5.74) is 1.62.